The summed E-state index contributed by atoms with van der Waals surface area (Å²) in [6.45, 7) is 4.07. The second-order valence-corrected chi connectivity index (χ2v) is 8.19. The number of hydrogen-bond acceptors (Lipinski definition) is 6. The summed E-state index contributed by atoms with van der Waals surface area (Å²) in [4.78, 5) is 27.0. The fraction of sp³-hybridized carbons (Fsp3) is 0.304. The van der Waals surface area contributed by atoms with Crippen LogP contribution in [0, 0.1) is 5.82 Å². The van der Waals surface area contributed by atoms with Gasteiger partial charge in [-0.15, -0.1) is 10.2 Å². The van der Waals surface area contributed by atoms with Gasteiger partial charge in [-0.25, -0.2) is 4.39 Å². The number of nitrogens with zero attached hydrogens (tertiary/aromatic N) is 3. The van der Waals surface area contributed by atoms with Crippen LogP contribution in [0.1, 0.15) is 37.0 Å². The number of anilines is 1. The largest absolute Gasteiger partial charge is 0.497 e. The first-order chi connectivity index (χ1) is 15.4. The Morgan fingerprint density at radius 1 is 1.19 bits per heavy atom. The molecular formula is C23H25FN4O3S. The lowest BCUT2D eigenvalue weighted by Crippen LogP contribution is -2.40. The number of rotatable bonds is 9. The van der Waals surface area contributed by atoms with Crippen LogP contribution in [0.4, 0.5) is 9.52 Å². The summed E-state index contributed by atoms with van der Waals surface area (Å²) in [6, 6.07) is 12.9. The molecule has 0 saturated heterocycles. The van der Waals surface area contributed by atoms with Gasteiger partial charge >= 0.3 is 0 Å². The minimum Gasteiger partial charge on any atom is -0.497 e. The predicted molar refractivity (Wildman–Crippen MR) is 122 cm³/mol. The topological polar surface area (TPSA) is 84.4 Å². The second kappa shape index (κ2) is 10.8. The summed E-state index contributed by atoms with van der Waals surface area (Å²) in [5.41, 5.74) is 1.10. The Morgan fingerprint density at radius 3 is 2.69 bits per heavy atom. The number of carbonyl (C=O) groups is 2. The van der Waals surface area contributed by atoms with Gasteiger partial charge in [0.1, 0.15) is 16.6 Å². The van der Waals surface area contributed by atoms with Crippen molar-refractivity contribution in [1.82, 2.24) is 15.1 Å². The molecule has 1 atom stereocenters. The highest BCUT2D eigenvalue weighted by molar-refractivity contribution is 7.18. The van der Waals surface area contributed by atoms with E-state index in [1.165, 1.54) is 29.5 Å². The maximum atomic E-state index is 13.5. The van der Waals surface area contributed by atoms with Crippen molar-refractivity contribution < 1.29 is 18.7 Å². The van der Waals surface area contributed by atoms with Crippen molar-refractivity contribution in [3.63, 3.8) is 0 Å². The summed E-state index contributed by atoms with van der Waals surface area (Å²) in [7, 11) is 1.59. The van der Waals surface area contributed by atoms with Crippen LogP contribution >= 0.6 is 11.3 Å². The number of aromatic nitrogens is 2. The van der Waals surface area contributed by atoms with E-state index in [9.17, 15) is 14.0 Å². The molecule has 2 aromatic carbocycles. The molecule has 0 saturated carbocycles. The summed E-state index contributed by atoms with van der Waals surface area (Å²) < 4.78 is 18.8. The number of hydrogen-bond donors (Lipinski definition) is 1. The molecule has 3 aromatic rings. The normalized spacial score (nSPS) is 11.6. The Labute approximate surface area is 190 Å². The van der Waals surface area contributed by atoms with E-state index in [1.54, 1.807) is 18.1 Å². The Hall–Kier alpha value is -3.33. The van der Waals surface area contributed by atoms with E-state index in [-0.39, 0.29) is 36.4 Å². The van der Waals surface area contributed by atoms with E-state index in [0.29, 0.717) is 22.3 Å². The molecule has 0 fully saturated rings. The molecule has 1 heterocycles. The lowest BCUT2D eigenvalue weighted by molar-refractivity contribution is -0.116. The number of ether oxygens (including phenoxy) is 1. The smallest absolute Gasteiger partial charge is 0.254 e. The lowest BCUT2D eigenvalue weighted by atomic mass is 10.1. The Morgan fingerprint density at radius 2 is 1.97 bits per heavy atom. The molecule has 0 aliphatic heterocycles. The molecule has 7 nitrogen and oxygen atoms in total. The van der Waals surface area contributed by atoms with E-state index in [2.05, 4.69) is 15.5 Å². The third-order valence-corrected chi connectivity index (χ3v) is 5.91. The van der Waals surface area contributed by atoms with Crippen LogP contribution < -0.4 is 10.1 Å². The molecule has 3 rings (SSSR count). The molecule has 0 radical (unpaired) electrons. The number of amides is 2. The van der Waals surface area contributed by atoms with Gasteiger partial charge in [-0.2, -0.15) is 0 Å². The van der Waals surface area contributed by atoms with E-state index in [1.807, 2.05) is 38.1 Å². The number of nitrogens with one attached hydrogen (secondary N) is 1. The van der Waals surface area contributed by atoms with Crippen molar-refractivity contribution in [3.8, 4) is 16.3 Å². The average molecular weight is 457 g/mol. The Kier molecular flexibility index (Phi) is 7.88. The van der Waals surface area contributed by atoms with Crippen LogP contribution in [0.25, 0.3) is 10.6 Å². The van der Waals surface area contributed by atoms with Gasteiger partial charge < -0.3 is 15.0 Å². The van der Waals surface area contributed by atoms with Gasteiger partial charge in [-0.05, 0) is 43.7 Å². The molecular weight excluding hydrogens is 431 g/mol. The van der Waals surface area contributed by atoms with Crippen LogP contribution in [0.2, 0.25) is 0 Å². The molecule has 168 valence electrons. The fourth-order valence-corrected chi connectivity index (χ4v) is 3.84. The Balaban J connectivity index is 1.63. The zero-order valence-corrected chi connectivity index (χ0v) is 19.0. The molecule has 0 bridgehead atoms. The Bertz CT molecular complexity index is 1090. The molecule has 1 N–H and O–H groups in total. The zero-order valence-electron chi connectivity index (χ0n) is 18.2. The van der Waals surface area contributed by atoms with Gasteiger partial charge in [0.05, 0.1) is 7.11 Å². The van der Waals surface area contributed by atoms with Gasteiger partial charge in [-0.1, -0.05) is 36.5 Å². The second-order valence-electron chi connectivity index (χ2n) is 7.21. The summed E-state index contributed by atoms with van der Waals surface area (Å²) in [5.74, 6) is -0.348. The van der Waals surface area contributed by atoms with Crippen molar-refractivity contribution in [2.45, 2.75) is 32.7 Å². The first kappa shape index (κ1) is 23.3. The van der Waals surface area contributed by atoms with Crippen molar-refractivity contribution in [2.75, 3.05) is 19.0 Å². The lowest BCUT2D eigenvalue weighted by Gasteiger charge is -2.28. The van der Waals surface area contributed by atoms with Crippen LogP contribution in [-0.4, -0.2) is 46.6 Å². The molecule has 0 spiro atoms. The fourth-order valence-electron chi connectivity index (χ4n) is 3.08. The molecule has 1 unspecified atom stereocenters. The first-order valence-electron chi connectivity index (χ1n) is 10.3. The van der Waals surface area contributed by atoms with Gasteiger partial charge in [-0.3, -0.25) is 9.59 Å². The van der Waals surface area contributed by atoms with Gasteiger partial charge in [0, 0.05) is 30.1 Å². The van der Waals surface area contributed by atoms with Gasteiger partial charge in [0.25, 0.3) is 5.91 Å². The number of halogens is 1. The van der Waals surface area contributed by atoms with Crippen LogP contribution in [0.5, 0.6) is 5.75 Å². The molecule has 0 aliphatic rings. The van der Waals surface area contributed by atoms with E-state index in [0.717, 1.165) is 5.56 Å². The van der Waals surface area contributed by atoms with Crippen molar-refractivity contribution in [3.05, 3.63) is 59.9 Å². The van der Waals surface area contributed by atoms with Crippen molar-refractivity contribution in [1.29, 1.82) is 0 Å². The van der Waals surface area contributed by atoms with E-state index >= 15 is 0 Å². The molecule has 32 heavy (non-hydrogen) atoms. The van der Waals surface area contributed by atoms with Gasteiger partial charge in [0.15, 0.2) is 0 Å². The van der Waals surface area contributed by atoms with Crippen LogP contribution in [0.15, 0.2) is 48.5 Å². The molecule has 9 heteroatoms. The minimum absolute atomic E-state index is 0.0828. The maximum Gasteiger partial charge on any atom is 0.254 e. The SMILES string of the molecule is CCC(C)N(CCC(=O)Nc1nnc(-c2cccc(OC)c2)s1)C(=O)c1cccc(F)c1. The van der Waals surface area contributed by atoms with Gasteiger partial charge in [0.2, 0.25) is 11.0 Å². The molecule has 2 amide bonds. The summed E-state index contributed by atoms with van der Waals surface area (Å²) in [5, 5.41) is 11.9. The number of benzene rings is 2. The van der Waals surface area contributed by atoms with E-state index in [4.69, 9.17) is 4.74 Å². The third-order valence-electron chi connectivity index (χ3n) is 5.02. The third kappa shape index (κ3) is 5.88. The quantitative estimate of drug-likeness (QED) is 0.508. The number of carbonyl (C=O) groups excluding carboxylic acids is 2. The first-order valence-corrected chi connectivity index (χ1v) is 11.1. The maximum absolute atomic E-state index is 13.5. The standard InChI is InChI=1S/C23H25FN4O3S/c1-4-15(2)28(22(30)17-8-5-9-18(24)13-17)12-11-20(29)25-23-27-26-21(32-23)16-7-6-10-19(14-16)31-3/h5-10,13-15H,4,11-12H2,1-3H3,(H,25,27,29). The zero-order chi connectivity index (χ0) is 23.1. The monoisotopic (exact) mass is 456 g/mol. The average Bonchev–Trinajstić information content (AvgIpc) is 3.27. The minimum atomic E-state index is -0.471. The van der Waals surface area contributed by atoms with E-state index < -0.39 is 5.82 Å². The highest BCUT2D eigenvalue weighted by Gasteiger charge is 2.22. The molecule has 1 aromatic heterocycles. The summed E-state index contributed by atoms with van der Waals surface area (Å²) in [6.07, 6.45) is 0.794. The van der Waals surface area contributed by atoms with Crippen molar-refractivity contribution in [2.24, 2.45) is 0 Å². The van der Waals surface area contributed by atoms with Crippen LogP contribution in [-0.2, 0) is 4.79 Å². The highest BCUT2D eigenvalue weighted by atomic mass is 32.1. The van der Waals surface area contributed by atoms with Crippen molar-refractivity contribution >= 4 is 28.3 Å². The highest BCUT2D eigenvalue weighted by Crippen LogP contribution is 2.28. The molecule has 0 aliphatic carbocycles. The van der Waals surface area contributed by atoms with Crippen LogP contribution in [0.3, 0.4) is 0 Å². The number of methoxy groups -OCH3 is 1. The summed E-state index contributed by atoms with van der Waals surface area (Å²) >= 11 is 1.25. The predicted octanol–water partition coefficient (Wildman–Crippen LogP) is 4.62.